The van der Waals surface area contributed by atoms with Crippen LogP contribution in [-0.2, 0) is 20.6 Å². The summed E-state index contributed by atoms with van der Waals surface area (Å²) in [6, 6.07) is 11.1. The minimum atomic E-state index is -0.515. The molecule has 0 radical (unpaired) electrons. The molecule has 0 amide bonds. The first kappa shape index (κ1) is 19.2. The second-order valence-corrected chi connectivity index (χ2v) is 6.65. The zero-order chi connectivity index (χ0) is 21.3. The summed E-state index contributed by atoms with van der Waals surface area (Å²) < 4.78 is 17.1. The molecule has 0 aliphatic carbocycles. The predicted molar refractivity (Wildman–Crippen MR) is 111 cm³/mol. The fourth-order valence-electron chi connectivity index (χ4n) is 3.06. The van der Waals surface area contributed by atoms with Crippen molar-refractivity contribution in [2.24, 2.45) is 19.2 Å². The molecule has 1 N–H and O–H groups in total. The molecular formula is C20H18FN7O2. The van der Waals surface area contributed by atoms with Gasteiger partial charge in [-0.1, -0.05) is 18.2 Å². The molecule has 30 heavy (non-hydrogen) atoms. The maximum absolute atomic E-state index is 13.2. The zero-order valence-corrected chi connectivity index (χ0v) is 16.3. The van der Waals surface area contributed by atoms with Crippen molar-refractivity contribution >= 4 is 23.3 Å². The van der Waals surface area contributed by atoms with E-state index in [2.05, 4.69) is 20.5 Å². The van der Waals surface area contributed by atoms with E-state index in [-0.39, 0.29) is 23.5 Å². The van der Waals surface area contributed by atoms with Crippen LogP contribution in [-0.4, -0.2) is 29.9 Å². The van der Waals surface area contributed by atoms with Crippen LogP contribution < -0.4 is 16.7 Å². The Hall–Kier alpha value is -4.08. The van der Waals surface area contributed by atoms with Gasteiger partial charge in [-0.3, -0.25) is 18.9 Å². The summed E-state index contributed by atoms with van der Waals surface area (Å²) in [7, 11) is 3.20. The third kappa shape index (κ3) is 3.50. The summed E-state index contributed by atoms with van der Waals surface area (Å²) in [5.41, 5.74) is 3.53. The molecule has 10 heteroatoms. The van der Waals surface area contributed by atoms with Gasteiger partial charge >= 0.3 is 5.69 Å². The van der Waals surface area contributed by atoms with Crippen LogP contribution in [0.25, 0.3) is 11.2 Å². The highest BCUT2D eigenvalue weighted by Gasteiger charge is 2.18. The summed E-state index contributed by atoms with van der Waals surface area (Å²) in [5.74, 6) is -0.0909. The van der Waals surface area contributed by atoms with Crippen molar-refractivity contribution in [3.63, 3.8) is 0 Å². The van der Waals surface area contributed by atoms with Gasteiger partial charge in [0.05, 0.1) is 18.5 Å². The van der Waals surface area contributed by atoms with Crippen molar-refractivity contribution in [3.8, 4) is 0 Å². The summed E-state index contributed by atoms with van der Waals surface area (Å²) in [6.45, 7) is 0.0213. The van der Waals surface area contributed by atoms with E-state index < -0.39 is 11.2 Å². The van der Waals surface area contributed by atoms with Crippen LogP contribution in [0.4, 0.5) is 10.3 Å². The second kappa shape index (κ2) is 7.74. The van der Waals surface area contributed by atoms with E-state index in [1.807, 2.05) is 6.07 Å². The quantitative estimate of drug-likeness (QED) is 0.399. The number of nitrogens with zero attached hydrogens (tertiary/aromatic N) is 6. The third-order valence-electron chi connectivity index (χ3n) is 4.66. The smallest absolute Gasteiger partial charge is 0.306 e. The van der Waals surface area contributed by atoms with Crippen molar-refractivity contribution in [2.75, 3.05) is 5.43 Å². The summed E-state index contributed by atoms with van der Waals surface area (Å²) >= 11 is 0. The van der Waals surface area contributed by atoms with Gasteiger partial charge in [-0.2, -0.15) is 10.1 Å². The van der Waals surface area contributed by atoms with Gasteiger partial charge < -0.3 is 4.57 Å². The number of anilines is 1. The first-order chi connectivity index (χ1) is 14.5. The van der Waals surface area contributed by atoms with E-state index in [9.17, 15) is 14.0 Å². The SMILES string of the molecule is Cn1c(NN=Cc2ccccn2)nc2c1c(=O)n(Cc1ccc(F)cc1)c(=O)n2C. The first-order valence-electron chi connectivity index (χ1n) is 9.06. The van der Waals surface area contributed by atoms with E-state index in [0.29, 0.717) is 17.2 Å². The van der Waals surface area contributed by atoms with Crippen LogP contribution in [0.5, 0.6) is 0 Å². The molecule has 4 rings (SSSR count). The zero-order valence-electron chi connectivity index (χ0n) is 16.3. The van der Waals surface area contributed by atoms with Crippen molar-refractivity contribution in [1.29, 1.82) is 0 Å². The second-order valence-electron chi connectivity index (χ2n) is 6.65. The largest absolute Gasteiger partial charge is 0.332 e. The predicted octanol–water partition coefficient (Wildman–Crippen LogP) is 1.46. The molecule has 0 bridgehead atoms. The van der Waals surface area contributed by atoms with Crippen LogP contribution in [0, 0.1) is 5.82 Å². The molecule has 0 fully saturated rings. The Morgan fingerprint density at radius 3 is 2.57 bits per heavy atom. The van der Waals surface area contributed by atoms with E-state index in [4.69, 9.17) is 0 Å². The molecule has 3 aromatic heterocycles. The first-order valence-corrected chi connectivity index (χ1v) is 9.06. The lowest BCUT2D eigenvalue weighted by Gasteiger charge is -2.08. The lowest BCUT2D eigenvalue weighted by atomic mass is 10.2. The Labute approximate surface area is 169 Å². The average molecular weight is 407 g/mol. The topological polar surface area (TPSA) is 99.1 Å². The normalized spacial score (nSPS) is 11.4. The Balaban J connectivity index is 1.73. The van der Waals surface area contributed by atoms with Gasteiger partial charge in [-0.05, 0) is 29.8 Å². The monoisotopic (exact) mass is 407 g/mol. The van der Waals surface area contributed by atoms with Crippen LogP contribution in [0.2, 0.25) is 0 Å². The van der Waals surface area contributed by atoms with Gasteiger partial charge in [0.2, 0.25) is 5.95 Å². The Bertz CT molecular complexity index is 1350. The van der Waals surface area contributed by atoms with E-state index in [1.165, 1.54) is 39.6 Å². The Morgan fingerprint density at radius 1 is 1.10 bits per heavy atom. The Morgan fingerprint density at radius 2 is 1.87 bits per heavy atom. The average Bonchev–Trinajstić information content (AvgIpc) is 3.08. The van der Waals surface area contributed by atoms with Crippen molar-refractivity contribution in [1.82, 2.24) is 23.7 Å². The summed E-state index contributed by atoms with van der Waals surface area (Å²) in [6.07, 6.45) is 3.17. The number of aromatic nitrogens is 5. The third-order valence-corrected chi connectivity index (χ3v) is 4.66. The number of hydrogen-bond acceptors (Lipinski definition) is 6. The number of pyridine rings is 1. The lowest BCUT2D eigenvalue weighted by molar-refractivity contribution is 0.623. The van der Waals surface area contributed by atoms with Crippen LogP contribution in [0.15, 0.2) is 63.4 Å². The van der Waals surface area contributed by atoms with Crippen LogP contribution in [0.1, 0.15) is 11.3 Å². The van der Waals surface area contributed by atoms with Crippen molar-refractivity contribution in [3.05, 3.63) is 86.6 Å². The number of fused-ring (bicyclic) bond motifs is 1. The summed E-state index contributed by atoms with van der Waals surface area (Å²) in [5, 5.41) is 4.10. The van der Waals surface area contributed by atoms with Gasteiger partial charge in [0.15, 0.2) is 11.2 Å². The molecule has 0 saturated carbocycles. The highest BCUT2D eigenvalue weighted by molar-refractivity contribution is 5.78. The maximum atomic E-state index is 13.2. The van der Waals surface area contributed by atoms with Gasteiger partial charge in [-0.15, -0.1) is 0 Å². The van der Waals surface area contributed by atoms with Crippen molar-refractivity contribution < 1.29 is 4.39 Å². The number of hydrogen-bond donors (Lipinski definition) is 1. The molecule has 0 atom stereocenters. The van der Waals surface area contributed by atoms with Gasteiger partial charge in [0, 0.05) is 20.3 Å². The van der Waals surface area contributed by atoms with Gasteiger partial charge in [-0.25, -0.2) is 14.6 Å². The molecule has 9 nitrogen and oxygen atoms in total. The molecule has 4 aromatic rings. The van der Waals surface area contributed by atoms with Crippen molar-refractivity contribution in [2.45, 2.75) is 6.54 Å². The van der Waals surface area contributed by atoms with E-state index in [0.717, 1.165) is 4.57 Å². The number of nitrogens with one attached hydrogen (secondary N) is 1. The number of halogens is 1. The number of benzene rings is 1. The minimum absolute atomic E-state index is 0.0213. The fourth-order valence-corrected chi connectivity index (χ4v) is 3.06. The molecule has 0 spiro atoms. The highest BCUT2D eigenvalue weighted by Crippen LogP contribution is 2.13. The molecule has 0 saturated heterocycles. The van der Waals surface area contributed by atoms with Crippen LogP contribution in [0.3, 0.4) is 0 Å². The summed E-state index contributed by atoms with van der Waals surface area (Å²) in [4.78, 5) is 34.3. The maximum Gasteiger partial charge on any atom is 0.332 e. The number of hydrazone groups is 1. The van der Waals surface area contributed by atoms with Crippen LogP contribution >= 0.6 is 0 Å². The molecule has 152 valence electrons. The molecule has 0 aliphatic heterocycles. The minimum Gasteiger partial charge on any atom is -0.306 e. The molecular weight excluding hydrogens is 389 g/mol. The molecule has 3 heterocycles. The highest BCUT2D eigenvalue weighted by atomic mass is 19.1. The molecule has 0 unspecified atom stereocenters. The Kier molecular flexibility index (Phi) is 4.97. The molecule has 1 aromatic carbocycles. The fraction of sp³-hybridized carbons (Fsp3) is 0.150. The lowest BCUT2D eigenvalue weighted by Crippen LogP contribution is -2.39. The van der Waals surface area contributed by atoms with Gasteiger partial charge in [0.25, 0.3) is 5.56 Å². The standard InChI is InChI=1S/C20H18FN7O2/c1-26-16-17(24-19(26)25-23-11-15-5-3-4-10-22-15)27(2)20(30)28(18(16)29)12-13-6-8-14(21)9-7-13/h3-11H,12H2,1-2H3,(H,24,25). The van der Waals surface area contributed by atoms with E-state index in [1.54, 1.807) is 32.4 Å². The number of aryl methyl sites for hydroxylation is 2. The van der Waals surface area contributed by atoms with Gasteiger partial charge in [0.1, 0.15) is 5.82 Å². The number of imidazole rings is 1. The van der Waals surface area contributed by atoms with E-state index >= 15 is 0 Å². The molecule has 0 aliphatic rings. The number of rotatable bonds is 5.